The molecule has 2 aliphatic rings. The number of aromatic nitrogens is 2. The van der Waals surface area contributed by atoms with Crippen LogP contribution >= 0.6 is 0 Å². The quantitative estimate of drug-likeness (QED) is 0.419. The number of aryl methyl sites for hydroxylation is 1. The number of hydrogen-bond donors (Lipinski definition) is 0. The number of azide groups is 1. The van der Waals surface area contributed by atoms with Gasteiger partial charge in [-0.3, -0.25) is 9.36 Å². The first-order chi connectivity index (χ1) is 8.69. The zero-order valence-corrected chi connectivity index (χ0v) is 9.68. The van der Waals surface area contributed by atoms with Crippen molar-refractivity contribution in [1.29, 1.82) is 0 Å². The van der Waals surface area contributed by atoms with Crippen molar-refractivity contribution in [3.05, 3.63) is 32.6 Å². The fourth-order valence-corrected chi connectivity index (χ4v) is 2.25. The van der Waals surface area contributed by atoms with Gasteiger partial charge in [-0.05, 0) is 12.5 Å². The van der Waals surface area contributed by atoms with Gasteiger partial charge in [0, 0.05) is 23.1 Å². The zero-order chi connectivity index (χ0) is 12.7. The van der Waals surface area contributed by atoms with Gasteiger partial charge < -0.3 is 9.47 Å². The first-order valence-electron chi connectivity index (χ1n) is 5.61. The number of rotatable bonds is 1. The highest BCUT2D eigenvalue weighted by atomic mass is 16.6. The summed E-state index contributed by atoms with van der Waals surface area (Å²) in [6.07, 6.45) is 1.64. The van der Waals surface area contributed by atoms with Crippen LogP contribution < -0.4 is 10.3 Å². The predicted molar refractivity (Wildman–Crippen MR) is 60.2 cm³/mol. The fourth-order valence-electron chi connectivity index (χ4n) is 2.25. The van der Waals surface area contributed by atoms with Gasteiger partial charge in [0.25, 0.3) is 5.56 Å². The third kappa shape index (κ3) is 1.62. The van der Waals surface area contributed by atoms with E-state index in [2.05, 4.69) is 15.0 Å². The van der Waals surface area contributed by atoms with E-state index in [9.17, 15) is 4.79 Å². The molecule has 0 unspecified atom stereocenters. The van der Waals surface area contributed by atoms with Gasteiger partial charge >= 0.3 is 6.01 Å². The second-order valence-electron chi connectivity index (χ2n) is 4.37. The lowest BCUT2D eigenvalue weighted by Crippen LogP contribution is -2.27. The Bertz CT molecular complexity index is 592. The standard InChI is InChI=1S/C10H11N5O3/c1-5-3-15-8-2-6(13-14-11)7(18-8)4-17-10(15)12-9(5)16/h3,6-8H,2,4H2,1H3/t6-,7+,8+/m0/s1. The monoisotopic (exact) mass is 249 g/mol. The lowest BCUT2D eigenvalue weighted by atomic mass is 10.1. The molecule has 0 N–H and O–H groups in total. The Labute approximate surface area is 102 Å². The van der Waals surface area contributed by atoms with Gasteiger partial charge in [-0.15, -0.1) is 0 Å². The molecule has 0 aliphatic carbocycles. The van der Waals surface area contributed by atoms with E-state index >= 15 is 0 Å². The van der Waals surface area contributed by atoms with Crippen molar-refractivity contribution in [3.63, 3.8) is 0 Å². The third-order valence-electron chi connectivity index (χ3n) is 3.18. The smallest absolute Gasteiger partial charge is 0.301 e. The molecule has 3 heterocycles. The molecular formula is C10H11N5O3. The van der Waals surface area contributed by atoms with Gasteiger partial charge in [-0.2, -0.15) is 4.98 Å². The Morgan fingerprint density at radius 2 is 2.50 bits per heavy atom. The molecule has 0 radical (unpaired) electrons. The van der Waals surface area contributed by atoms with Gasteiger partial charge in [0.2, 0.25) is 0 Å². The van der Waals surface area contributed by atoms with Gasteiger partial charge in [-0.1, -0.05) is 5.11 Å². The van der Waals surface area contributed by atoms with Gasteiger partial charge in [0.15, 0.2) is 0 Å². The van der Waals surface area contributed by atoms with Crippen molar-refractivity contribution in [2.45, 2.75) is 31.7 Å². The van der Waals surface area contributed by atoms with Crippen molar-refractivity contribution in [2.24, 2.45) is 5.11 Å². The van der Waals surface area contributed by atoms with Crippen molar-refractivity contribution in [2.75, 3.05) is 6.61 Å². The highest BCUT2D eigenvalue weighted by Gasteiger charge is 2.39. The summed E-state index contributed by atoms with van der Waals surface area (Å²) in [5.74, 6) is 0. The highest BCUT2D eigenvalue weighted by molar-refractivity contribution is 5.11. The molecule has 0 amide bonds. The van der Waals surface area contributed by atoms with E-state index in [1.165, 1.54) is 0 Å². The molecule has 0 spiro atoms. The van der Waals surface area contributed by atoms with Crippen LogP contribution in [0, 0.1) is 6.92 Å². The van der Waals surface area contributed by atoms with Crippen molar-refractivity contribution in [1.82, 2.24) is 9.55 Å². The maximum Gasteiger partial charge on any atom is 0.301 e. The van der Waals surface area contributed by atoms with Crippen LogP contribution in [0.4, 0.5) is 0 Å². The molecule has 8 heteroatoms. The Balaban J connectivity index is 2.03. The largest absolute Gasteiger partial charge is 0.462 e. The minimum Gasteiger partial charge on any atom is -0.462 e. The second-order valence-corrected chi connectivity index (χ2v) is 4.37. The van der Waals surface area contributed by atoms with Gasteiger partial charge in [-0.25, -0.2) is 0 Å². The summed E-state index contributed by atoms with van der Waals surface area (Å²) in [7, 11) is 0. The summed E-state index contributed by atoms with van der Waals surface area (Å²) in [5, 5.41) is 3.70. The Morgan fingerprint density at radius 3 is 3.28 bits per heavy atom. The lowest BCUT2D eigenvalue weighted by molar-refractivity contribution is 0.00187. The Morgan fingerprint density at radius 1 is 1.67 bits per heavy atom. The molecule has 2 aliphatic heterocycles. The normalized spacial score (nSPS) is 28.8. The number of nitrogens with zero attached hydrogens (tertiary/aromatic N) is 5. The fraction of sp³-hybridized carbons (Fsp3) is 0.600. The van der Waals surface area contributed by atoms with Crippen LogP contribution in [-0.2, 0) is 4.74 Å². The molecule has 18 heavy (non-hydrogen) atoms. The average molecular weight is 249 g/mol. The minimum atomic E-state index is -0.300. The van der Waals surface area contributed by atoms with E-state index in [1.54, 1.807) is 17.7 Å². The van der Waals surface area contributed by atoms with Gasteiger partial charge in [0.05, 0.1) is 6.04 Å². The molecule has 3 atom stereocenters. The molecule has 8 nitrogen and oxygen atoms in total. The average Bonchev–Trinajstić information content (AvgIpc) is 2.65. The zero-order valence-electron chi connectivity index (χ0n) is 9.68. The summed E-state index contributed by atoms with van der Waals surface area (Å²) < 4.78 is 12.9. The van der Waals surface area contributed by atoms with Crippen molar-refractivity contribution < 1.29 is 9.47 Å². The van der Waals surface area contributed by atoms with Crippen LogP contribution in [0.3, 0.4) is 0 Å². The molecular weight excluding hydrogens is 238 g/mol. The molecule has 3 rings (SSSR count). The maximum absolute atomic E-state index is 11.5. The van der Waals surface area contributed by atoms with E-state index in [0.717, 1.165) is 0 Å². The number of fused-ring (bicyclic) bond motifs is 4. The highest BCUT2D eigenvalue weighted by Crippen LogP contribution is 2.35. The van der Waals surface area contributed by atoms with Crippen LogP contribution in [-0.4, -0.2) is 28.3 Å². The van der Waals surface area contributed by atoms with Crippen LogP contribution in [0.1, 0.15) is 18.2 Å². The SMILES string of the molecule is Cc1cn2c(nc1=O)OC[C@H]1O[C@@H]2C[C@@H]1N=[N+]=[N-]. The van der Waals surface area contributed by atoms with E-state index in [1.807, 2.05) is 0 Å². The van der Waals surface area contributed by atoms with E-state index < -0.39 is 0 Å². The molecule has 1 saturated heterocycles. The van der Waals surface area contributed by atoms with E-state index in [0.29, 0.717) is 12.0 Å². The van der Waals surface area contributed by atoms with Crippen LogP contribution in [0.15, 0.2) is 16.1 Å². The number of ether oxygens (including phenoxy) is 2. The maximum atomic E-state index is 11.5. The molecule has 0 aromatic carbocycles. The van der Waals surface area contributed by atoms with E-state index in [4.69, 9.17) is 15.0 Å². The summed E-state index contributed by atoms with van der Waals surface area (Å²) in [6, 6.07) is 0.0189. The molecule has 1 aromatic heterocycles. The molecule has 1 fully saturated rings. The molecule has 1 aromatic rings. The number of hydrogen-bond acceptors (Lipinski definition) is 5. The molecule has 94 valence electrons. The van der Waals surface area contributed by atoms with Crippen LogP contribution in [0.25, 0.3) is 10.4 Å². The molecule has 0 saturated carbocycles. The summed E-state index contributed by atoms with van der Waals surface area (Å²) in [6.45, 7) is 1.92. The van der Waals surface area contributed by atoms with Crippen molar-refractivity contribution >= 4 is 0 Å². The summed E-state index contributed by atoms with van der Waals surface area (Å²) in [4.78, 5) is 18.1. The van der Waals surface area contributed by atoms with E-state index in [-0.39, 0.29) is 36.6 Å². The molecule has 2 bridgehead atoms. The lowest BCUT2D eigenvalue weighted by Gasteiger charge is -2.17. The Hall–Kier alpha value is -2.05. The predicted octanol–water partition coefficient (Wildman–Crippen LogP) is 0.911. The van der Waals surface area contributed by atoms with Crippen LogP contribution in [0.5, 0.6) is 6.01 Å². The summed E-state index contributed by atoms with van der Waals surface area (Å²) >= 11 is 0. The topological polar surface area (TPSA) is 102 Å². The van der Waals surface area contributed by atoms with Crippen molar-refractivity contribution in [3.8, 4) is 6.01 Å². The minimum absolute atomic E-state index is 0.232. The first kappa shape index (κ1) is 11.1. The first-order valence-corrected chi connectivity index (χ1v) is 5.61. The third-order valence-corrected chi connectivity index (χ3v) is 3.18. The second kappa shape index (κ2) is 4.01. The van der Waals surface area contributed by atoms with Gasteiger partial charge in [0.1, 0.15) is 18.9 Å². The van der Waals surface area contributed by atoms with Crippen LogP contribution in [0.2, 0.25) is 0 Å². The summed E-state index contributed by atoms with van der Waals surface area (Å²) in [5.41, 5.74) is 8.72. The Kier molecular flexibility index (Phi) is 2.46.